The molecular weight excluding hydrogens is 310 g/mol. The molecule has 0 saturated heterocycles. The normalized spacial score (nSPS) is 14.8. The lowest BCUT2D eigenvalue weighted by Crippen LogP contribution is -2.50. The van der Waals surface area contributed by atoms with Gasteiger partial charge in [-0.1, -0.05) is 53.6 Å². The van der Waals surface area contributed by atoms with Crippen LogP contribution >= 0.6 is 0 Å². The molecule has 0 saturated carbocycles. The van der Waals surface area contributed by atoms with Gasteiger partial charge in [0.15, 0.2) is 5.82 Å². The number of nitrogens with zero attached hydrogens (tertiary/aromatic N) is 1. The summed E-state index contributed by atoms with van der Waals surface area (Å²) in [5.41, 5.74) is -0.822. The third-order valence-corrected chi connectivity index (χ3v) is 3.61. The standard InChI is InChI=1S/C17H29N3O4/c1-8-10(18-15(23)13(21)17(5,6)7)14(22)19-12-9-11(24-20-12)16(2,3)4/h9-10,13,21H,8H2,1-7H3,(H,18,23)(H,19,20,22). The zero-order valence-corrected chi connectivity index (χ0v) is 15.6. The van der Waals surface area contributed by atoms with Crippen LogP contribution in [-0.4, -0.2) is 34.2 Å². The van der Waals surface area contributed by atoms with Gasteiger partial charge in [0.25, 0.3) is 0 Å². The van der Waals surface area contributed by atoms with E-state index in [0.29, 0.717) is 18.0 Å². The second kappa shape index (κ2) is 7.34. The average Bonchev–Trinajstić information content (AvgIpc) is 2.90. The van der Waals surface area contributed by atoms with E-state index in [0.717, 1.165) is 0 Å². The first-order chi connectivity index (χ1) is 10.9. The highest BCUT2D eigenvalue weighted by Gasteiger charge is 2.31. The third-order valence-electron chi connectivity index (χ3n) is 3.61. The van der Waals surface area contributed by atoms with Crippen LogP contribution in [0, 0.1) is 5.41 Å². The van der Waals surface area contributed by atoms with E-state index in [-0.39, 0.29) is 5.41 Å². The summed E-state index contributed by atoms with van der Waals surface area (Å²) in [7, 11) is 0. The molecule has 0 aliphatic rings. The van der Waals surface area contributed by atoms with Crippen LogP contribution in [0.4, 0.5) is 5.82 Å². The Morgan fingerprint density at radius 1 is 1.21 bits per heavy atom. The van der Waals surface area contributed by atoms with Gasteiger partial charge < -0.3 is 20.3 Å². The highest BCUT2D eigenvalue weighted by atomic mass is 16.5. The van der Waals surface area contributed by atoms with E-state index in [4.69, 9.17) is 4.52 Å². The predicted molar refractivity (Wildman–Crippen MR) is 91.5 cm³/mol. The summed E-state index contributed by atoms with van der Waals surface area (Å²) < 4.78 is 5.22. The van der Waals surface area contributed by atoms with E-state index in [1.165, 1.54) is 0 Å². The van der Waals surface area contributed by atoms with Crippen LogP contribution in [-0.2, 0) is 15.0 Å². The van der Waals surface area contributed by atoms with Crippen LogP contribution in [0.5, 0.6) is 0 Å². The number of aromatic nitrogens is 1. The van der Waals surface area contributed by atoms with Crippen molar-refractivity contribution in [3.63, 3.8) is 0 Å². The average molecular weight is 339 g/mol. The fraction of sp³-hybridized carbons (Fsp3) is 0.706. The second-order valence-corrected chi connectivity index (χ2v) is 8.05. The lowest BCUT2D eigenvalue weighted by Gasteiger charge is -2.26. The van der Waals surface area contributed by atoms with Gasteiger partial charge in [-0.25, -0.2) is 0 Å². The summed E-state index contributed by atoms with van der Waals surface area (Å²) in [6, 6.07) is 0.903. The maximum absolute atomic E-state index is 12.3. The Kier molecular flexibility index (Phi) is 6.16. The van der Waals surface area contributed by atoms with Gasteiger partial charge in [0.1, 0.15) is 17.9 Å². The lowest BCUT2D eigenvalue weighted by atomic mass is 9.88. The van der Waals surface area contributed by atoms with Gasteiger partial charge in [0.05, 0.1) is 0 Å². The Morgan fingerprint density at radius 3 is 2.21 bits per heavy atom. The maximum Gasteiger partial charge on any atom is 0.250 e. The molecule has 0 spiro atoms. The predicted octanol–water partition coefficient (Wildman–Crippen LogP) is 2.21. The van der Waals surface area contributed by atoms with E-state index in [2.05, 4.69) is 15.8 Å². The van der Waals surface area contributed by atoms with Crippen molar-refractivity contribution < 1.29 is 19.2 Å². The van der Waals surface area contributed by atoms with Crippen LogP contribution in [0.15, 0.2) is 10.6 Å². The molecule has 24 heavy (non-hydrogen) atoms. The van der Waals surface area contributed by atoms with Gasteiger partial charge in [-0.2, -0.15) is 0 Å². The van der Waals surface area contributed by atoms with Crippen molar-refractivity contribution >= 4 is 17.6 Å². The number of carbonyl (C=O) groups is 2. The molecule has 2 amide bonds. The molecule has 7 nitrogen and oxygen atoms in total. The Hall–Kier alpha value is -1.89. The van der Waals surface area contributed by atoms with Crippen molar-refractivity contribution in [3.8, 4) is 0 Å². The van der Waals surface area contributed by atoms with E-state index in [9.17, 15) is 14.7 Å². The molecule has 1 heterocycles. The smallest absolute Gasteiger partial charge is 0.250 e. The molecule has 7 heteroatoms. The molecule has 0 bridgehead atoms. The summed E-state index contributed by atoms with van der Waals surface area (Å²) in [5.74, 6) is -0.0206. The monoisotopic (exact) mass is 339 g/mol. The van der Waals surface area contributed by atoms with E-state index >= 15 is 0 Å². The summed E-state index contributed by atoms with van der Waals surface area (Å²) in [5, 5.41) is 19.0. The quantitative estimate of drug-likeness (QED) is 0.763. The number of carbonyl (C=O) groups excluding carboxylic acids is 2. The summed E-state index contributed by atoms with van der Waals surface area (Å²) >= 11 is 0. The van der Waals surface area contributed by atoms with Crippen molar-refractivity contribution in [1.82, 2.24) is 10.5 Å². The lowest BCUT2D eigenvalue weighted by molar-refractivity contribution is -0.137. The number of hydrogen-bond donors (Lipinski definition) is 3. The highest BCUT2D eigenvalue weighted by Crippen LogP contribution is 2.24. The van der Waals surface area contributed by atoms with Gasteiger partial charge in [-0.05, 0) is 11.8 Å². The largest absolute Gasteiger partial charge is 0.383 e. The molecule has 0 aliphatic heterocycles. The fourth-order valence-electron chi connectivity index (χ4n) is 1.90. The topological polar surface area (TPSA) is 104 Å². The number of amides is 2. The Morgan fingerprint density at radius 2 is 1.79 bits per heavy atom. The summed E-state index contributed by atoms with van der Waals surface area (Å²) in [4.78, 5) is 24.4. The van der Waals surface area contributed by atoms with Gasteiger partial charge in [0, 0.05) is 11.5 Å². The van der Waals surface area contributed by atoms with E-state index in [1.54, 1.807) is 33.8 Å². The minimum absolute atomic E-state index is 0.217. The molecule has 1 aromatic rings. The molecule has 3 N–H and O–H groups in total. The van der Waals surface area contributed by atoms with Crippen LogP contribution in [0.25, 0.3) is 0 Å². The first-order valence-corrected chi connectivity index (χ1v) is 8.12. The highest BCUT2D eigenvalue weighted by molar-refractivity contribution is 5.97. The second-order valence-electron chi connectivity index (χ2n) is 8.05. The fourth-order valence-corrected chi connectivity index (χ4v) is 1.90. The van der Waals surface area contributed by atoms with Gasteiger partial charge in [-0.3, -0.25) is 9.59 Å². The first kappa shape index (κ1) is 20.2. The van der Waals surface area contributed by atoms with Crippen LogP contribution in [0.2, 0.25) is 0 Å². The van der Waals surface area contributed by atoms with Crippen molar-refractivity contribution in [3.05, 3.63) is 11.8 Å². The zero-order valence-electron chi connectivity index (χ0n) is 15.6. The molecule has 1 rings (SSSR count). The van der Waals surface area contributed by atoms with E-state index in [1.807, 2.05) is 20.8 Å². The van der Waals surface area contributed by atoms with Crippen molar-refractivity contribution in [2.75, 3.05) is 5.32 Å². The van der Waals surface area contributed by atoms with Gasteiger partial charge in [-0.15, -0.1) is 0 Å². The molecule has 0 aliphatic carbocycles. The number of rotatable bonds is 5. The Bertz CT molecular complexity index is 581. The van der Waals surface area contributed by atoms with Crippen molar-refractivity contribution in [2.24, 2.45) is 5.41 Å². The molecule has 136 valence electrons. The van der Waals surface area contributed by atoms with Gasteiger partial charge in [0.2, 0.25) is 11.8 Å². The van der Waals surface area contributed by atoms with Crippen LogP contribution in [0.3, 0.4) is 0 Å². The number of anilines is 1. The number of hydrogen-bond acceptors (Lipinski definition) is 5. The van der Waals surface area contributed by atoms with Crippen LogP contribution < -0.4 is 10.6 Å². The van der Waals surface area contributed by atoms with Crippen LogP contribution in [0.1, 0.15) is 60.6 Å². The minimum Gasteiger partial charge on any atom is -0.383 e. The zero-order chi connectivity index (χ0) is 18.7. The maximum atomic E-state index is 12.3. The number of aliphatic hydroxyl groups is 1. The Labute approximate surface area is 143 Å². The molecule has 1 aromatic heterocycles. The SMILES string of the molecule is CCC(NC(=O)C(O)C(C)(C)C)C(=O)Nc1cc(C(C)(C)C)on1. The molecular formula is C17H29N3O4. The third kappa shape index (κ3) is 5.33. The van der Waals surface area contributed by atoms with Crippen molar-refractivity contribution in [2.45, 2.75) is 72.4 Å². The van der Waals surface area contributed by atoms with Gasteiger partial charge >= 0.3 is 0 Å². The Balaban J connectivity index is 2.74. The molecule has 2 atom stereocenters. The number of nitrogens with one attached hydrogen (secondary N) is 2. The number of aliphatic hydroxyl groups excluding tert-OH is 1. The molecule has 0 radical (unpaired) electrons. The summed E-state index contributed by atoms with van der Waals surface area (Å²) in [6.07, 6.45) is -0.808. The molecule has 2 unspecified atom stereocenters. The first-order valence-electron chi connectivity index (χ1n) is 8.12. The van der Waals surface area contributed by atoms with E-state index < -0.39 is 29.4 Å². The minimum atomic E-state index is -1.20. The molecule has 0 aromatic carbocycles. The summed E-state index contributed by atoms with van der Waals surface area (Å²) in [6.45, 7) is 13.0. The van der Waals surface area contributed by atoms with Crippen molar-refractivity contribution in [1.29, 1.82) is 0 Å². The molecule has 0 fully saturated rings.